The molecule has 0 spiro atoms. The fourth-order valence-electron chi connectivity index (χ4n) is 4.23. The van der Waals surface area contributed by atoms with Crippen molar-refractivity contribution < 1.29 is 9.53 Å². The summed E-state index contributed by atoms with van der Waals surface area (Å²) in [5, 5.41) is 0. The van der Waals surface area contributed by atoms with E-state index in [0.29, 0.717) is 0 Å². The van der Waals surface area contributed by atoms with Crippen LogP contribution in [0.1, 0.15) is 32.6 Å². The Morgan fingerprint density at radius 2 is 1.67 bits per heavy atom. The Morgan fingerprint density at radius 3 is 2.36 bits per heavy atom. The first-order valence-electron chi connectivity index (χ1n) is 11.4. The lowest BCUT2D eigenvalue weighted by Crippen LogP contribution is -2.49. The van der Waals surface area contributed by atoms with E-state index < -0.39 is 0 Å². The van der Waals surface area contributed by atoms with Gasteiger partial charge in [-0.2, -0.15) is 0 Å². The molecule has 1 heterocycles. The van der Waals surface area contributed by atoms with Crippen LogP contribution in [-0.2, 0) is 5.75 Å². The molecule has 1 aliphatic rings. The molecular formula is C28H32N2O2S. The highest BCUT2D eigenvalue weighted by Crippen LogP contribution is 2.30. The number of piperazine rings is 1. The number of anilines is 1. The molecule has 0 bridgehead atoms. The van der Waals surface area contributed by atoms with Gasteiger partial charge in [-0.15, -0.1) is 11.8 Å². The van der Waals surface area contributed by atoms with Gasteiger partial charge in [-0.3, -0.25) is 4.79 Å². The molecule has 3 aromatic rings. The molecule has 1 amide bonds. The van der Waals surface area contributed by atoms with Crippen LogP contribution in [0.15, 0.2) is 65.6 Å². The molecule has 3 aromatic carbocycles. The second-order valence-electron chi connectivity index (χ2n) is 8.63. The zero-order valence-electron chi connectivity index (χ0n) is 19.9. The summed E-state index contributed by atoms with van der Waals surface area (Å²) in [5.74, 6) is 1.68. The maximum absolute atomic E-state index is 13.3. The standard InChI is InChI=1S/C28H32N2O2S/c1-20-8-11-25(12-9-20)33-19-24-18-23(10-13-27(24)32-4)28(31)30-16-14-29(15-17-30)26-7-5-6-21(2)22(26)3/h5-13,18H,14-17,19H2,1-4H3. The number of nitrogens with zero attached hydrogens (tertiary/aromatic N) is 2. The molecule has 4 nitrogen and oxygen atoms in total. The molecule has 5 heteroatoms. The van der Waals surface area contributed by atoms with Crippen LogP contribution in [0.5, 0.6) is 5.75 Å². The molecule has 0 aromatic heterocycles. The van der Waals surface area contributed by atoms with E-state index in [4.69, 9.17) is 4.74 Å². The highest BCUT2D eigenvalue weighted by molar-refractivity contribution is 7.98. The Labute approximate surface area is 201 Å². The minimum atomic E-state index is 0.0971. The average molecular weight is 461 g/mol. The van der Waals surface area contributed by atoms with Crippen LogP contribution in [0.2, 0.25) is 0 Å². The van der Waals surface area contributed by atoms with Gasteiger partial charge in [-0.05, 0) is 68.3 Å². The highest BCUT2D eigenvalue weighted by atomic mass is 32.2. The van der Waals surface area contributed by atoms with E-state index in [9.17, 15) is 4.79 Å². The molecule has 1 fully saturated rings. The van der Waals surface area contributed by atoms with Crippen LogP contribution >= 0.6 is 11.8 Å². The molecule has 0 radical (unpaired) electrons. The van der Waals surface area contributed by atoms with E-state index in [0.717, 1.165) is 48.8 Å². The van der Waals surface area contributed by atoms with Gasteiger partial charge in [0, 0.05) is 53.6 Å². The van der Waals surface area contributed by atoms with Gasteiger partial charge in [-0.25, -0.2) is 0 Å². The van der Waals surface area contributed by atoms with Gasteiger partial charge in [0.25, 0.3) is 5.91 Å². The summed E-state index contributed by atoms with van der Waals surface area (Å²) in [7, 11) is 1.68. The minimum absolute atomic E-state index is 0.0971. The van der Waals surface area contributed by atoms with Crippen LogP contribution < -0.4 is 9.64 Å². The van der Waals surface area contributed by atoms with Crippen molar-refractivity contribution in [1.82, 2.24) is 4.90 Å². The zero-order valence-corrected chi connectivity index (χ0v) is 20.7. The van der Waals surface area contributed by atoms with Crippen molar-refractivity contribution in [2.75, 3.05) is 38.2 Å². The van der Waals surface area contributed by atoms with Crippen LogP contribution in [0, 0.1) is 20.8 Å². The van der Waals surface area contributed by atoms with Gasteiger partial charge >= 0.3 is 0 Å². The van der Waals surface area contributed by atoms with Crippen LogP contribution in [0.25, 0.3) is 0 Å². The molecule has 4 rings (SSSR count). The van der Waals surface area contributed by atoms with E-state index in [-0.39, 0.29) is 5.91 Å². The first-order chi connectivity index (χ1) is 16.0. The maximum atomic E-state index is 13.3. The van der Waals surface area contributed by atoms with E-state index in [1.54, 1.807) is 18.9 Å². The topological polar surface area (TPSA) is 32.8 Å². The summed E-state index contributed by atoms with van der Waals surface area (Å²) in [5.41, 5.74) is 6.94. The smallest absolute Gasteiger partial charge is 0.253 e. The largest absolute Gasteiger partial charge is 0.496 e. The molecule has 0 N–H and O–H groups in total. The number of hydrogen-bond acceptors (Lipinski definition) is 4. The van der Waals surface area contributed by atoms with Crippen molar-refractivity contribution in [3.05, 3.63) is 88.5 Å². The van der Waals surface area contributed by atoms with Gasteiger partial charge < -0.3 is 14.5 Å². The third kappa shape index (κ3) is 5.36. The minimum Gasteiger partial charge on any atom is -0.496 e. The molecule has 0 saturated carbocycles. The fraction of sp³-hybridized carbons (Fsp3) is 0.321. The molecule has 1 aliphatic heterocycles. The molecule has 172 valence electrons. The number of carbonyl (C=O) groups is 1. The van der Waals surface area contributed by atoms with Crippen molar-refractivity contribution in [2.45, 2.75) is 31.4 Å². The summed E-state index contributed by atoms with van der Waals surface area (Å²) in [6.45, 7) is 9.57. The third-order valence-corrected chi connectivity index (χ3v) is 7.49. The summed E-state index contributed by atoms with van der Waals surface area (Å²) in [4.78, 5) is 18.9. The zero-order chi connectivity index (χ0) is 23.4. The SMILES string of the molecule is COc1ccc(C(=O)N2CCN(c3cccc(C)c3C)CC2)cc1CSc1ccc(C)cc1. The Kier molecular flexibility index (Phi) is 7.29. The molecule has 0 atom stereocenters. The second kappa shape index (κ2) is 10.3. The van der Waals surface area contributed by atoms with E-state index in [1.165, 1.54) is 27.3 Å². The van der Waals surface area contributed by atoms with Gasteiger partial charge in [0.15, 0.2) is 0 Å². The monoisotopic (exact) mass is 460 g/mol. The predicted octanol–water partition coefficient (Wildman–Crippen LogP) is 5.88. The number of methoxy groups -OCH3 is 1. The maximum Gasteiger partial charge on any atom is 0.253 e. The van der Waals surface area contributed by atoms with Gasteiger partial charge in [-0.1, -0.05) is 29.8 Å². The fourth-order valence-corrected chi connectivity index (χ4v) is 5.11. The summed E-state index contributed by atoms with van der Waals surface area (Å²) >= 11 is 1.76. The lowest BCUT2D eigenvalue weighted by atomic mass is 10.1. The van der Waals surface area contributed by atoms with E-state index in [2.05, 4.69) is 68.1 Å². The van der Waals surface area contributed by atoms with Crippen LogP contribution in [0.3, 0.4) is 0 Å². The molecular weight excluding hydrogens is 428 g/mol. The first kappa shape index (κ1) is 23.2. The van der Waals surface area contributed by atoms with Crippen molar-refractivity contribution >= 4 is 23.4 Å². The Morgan fingerprint density at radius 1 is 0.939 bits per heavy atom. The quantitative estimate of drug-likeness (QED) is 0.430. The molecule has 1 saturated heterocycles. The summed E-state index contributed by atoms with van der Waals surface area (Å²) < 4.78 is 5.57. The summed E-state index contributed by atoms with van der Waals surface area (Å²) in [6, 6.07) is 20.8. The molecule has 0 aliphatic carbocycles. The second-order valence-corrected chi connectivity index (χ2v) is 9.68. The number of hydrogen-bond donors (Lipinski definition) is 0. The summed E-state index contributed by atoms with van der Waals surface area (Å²) in [6.07, 6.45) is 0. The Bertz CT molecular complexity index is 1120. The first-order valence-corrected chi connectivity index (χ1v) is 12.4. The van der Waals surface area contributed by atoms with Crippen molar-refractivity contribution in [1.29, 1.82) is 0 Å². The van der Waals surface area contributed by atoms with Crippen molar-refractivity contribution in [3.63, 3.8) is 0 Å². The number of ether oxygens (including phenoxy) is 1. The molecule has 0 unspecified atom stereocenters. The number of amides is 1. The van der Waals surface area contributed by atoms with Crippen LogP contribution in [-0.4, -0.2) is 44.1 Å². The normalized spacial score (nSPS) is 13.8. The Balaban J connectivity index is 1.43. The highest BCUT2D eigenvalue weighted by Gasteiger charge is 2.24. The lowest BCUT2D eigenvalue weighted by molar-refractivity contribution is 0.0746. The lowest BCUT2D eigenvalue weighted by Gasteiger charge is -2.37. The third-order valence-electron chi connectivity index (χ3n) is 6.43. The van der Waals surface area contributed by atoms with Gasteiger partial charge in [0.2, 0.25) is 0 Å². The number of aryl methyl sites for hydroxylation is 2. The van der Waals surface area contributed by atoms with E-state index in [1.807, 2.05) is 23.1 Å². The Hall–Kier alpha value is -2.92. The van der Waals surface area contributed by atoms with Gasteiger partial charge in [0.05, 0.1) is 7.11 Å². The number of rotatable bonds is 6. The number of benzene rings is 3. The van der Waals surface area contributed by atoms with Gasteiger partial charge in [0.1, 0.15) is 5.75 Å². The van der Waals surface area contributed by atoms with Crippen LogP contribution in [0.4, 0.5) is 5.69 Å². The predicted molar refractivity (Wildman–Crippen MR) is 138 cm³/mol. The molecule has 33 heavy (non-hydrogen) atoms. The van der Waals surface area contributed by atoms with Crippen molar-refractivity contribution in [2.24, 2.45) is 0 Å². The number of thioether (sulfide) groups is 1. The van der Waals surface area contributed by atoms with Crippen molar-refractivity contribution in [3.8, 4) is 5.75 Å². The van der Waals surface area contributed by atoms with E-state index >= 15 is 0 Å². The average Bonchev–Trinajstić information content (AvgIpc) is 2.85. The number of carbonyl (C=O) groups excluding carboxylic acids is 1.